The van der Waals surface area contributed by atoms with Gasteiger partial charge in [0, 0.05) is 38.6 Å². The van der Waals surface area contributed by atoms with Gasteiger partial charge in [-0.2, -0.15) is 0 Å². The molecular formula is C17H25N3O2. The van der Waals surface area contributed by atoms with Crippen LogP contribution in [0.25, 0.3) is 0 Å². The third kappa shape index (κ3) is 3.41. The summed E-state index contributed by atoms with van der Waals surface area (Å²) in [7, 11) is 0. The van der Waals surface area contributed by atoms with Crippen molar-refractivity contribution in [2.24, 2.45) is 11.8 Å². The van der Waals surface area contributed by atoms with Crippen LogP contribution in [-0.4, -0.2) is 53.3 Å². The molecule has 5 nitrogen and oxygen atoms in total. The predicted molar refractivity (Wildman–Crippen MR) is 82.7 cm³/mol. The lowest BCUT2D eigenvalue weighted by Gasteiger charge is -2.53. The number of hydrogen-bond acceptors (Lipinski definition) is 5. The Labute approximate surface area is 132 Å². The standard InChI is InChI=1S/C17H25N3O2/c1-6-18-16(19-7-1)21-8-4-14-5-9-22-17(10-14)12-20(13-17)11-15-2-3-15/h1,6-7,14-15H,2-5,8-13H2. The number of ether oxygens (including phenoxy) is 2. The van der Waals surface area contributed by atoms with Crippen LogP contribution in [0.15, 0.2) is 18.5 Å². The molecule has 3 heterocycles. The molecule has 120 valence electrons. The van der Waals surface area contributed by atoms with E-state index in [0.717, 1.165) is 38.5 Å². The lowest BCUT2D eigenvalue weighted by Crippen LogP contribution is -2.65. The summed E-state index contributed by atoms with van der Waals surface area (Å²) in [5.41, 5.74) is 0.154. The SMILES string of the molecule is c1cnc(OCCC2CCOC3(C2)CN(CC2CC2)C3)nc1. The monoisotopic (exact) mass is 303 g/mol. The van der Waals surface area contributed by atoms with Crippen LogP contribution in [-0.2, 0) is 4.74 Å². The highest BCUT2D eigenvalue weighted by atomic mass is 16.5. The summed E-state index contributed by atoms with van der Waals surface area (Å²) >= 11 is 0. The lowest BCUT2D eigenvalue weighted by atomic mass is 9.79. The van der Waals surface area contributed by atoms with E-state index in [2.05, 4.69) is 14.9 Å². The van der Waals surface area contributed by atoms with E-state index in [-0.39, 0.29) is 5.60 Å². The summed E-state index contributed by atoms with van der Waals surface area (Å²) < 4.78 is 11.8. The van der Waals surface area contributed by atoms with Crippen molar-refractivity contribution in [2.75, 3.05) is 32.8 Å². The second kappa shape index (κ2) is 6.13. The molecule has 1 atom stereocenters. The fourth-order valence-corrected chi connectivity index (χ4v) is 3.84. The Balaban J connectivity index is 1.20. The molecule has 0 amide bonds. The molecule has 1 aliphatic carbocycles. The Hall–Kier alpha value is -1.20. The molecule has 1 aromatic rings. The maximum atomic E-state index is 6.12. The molecule has 2 saturated heterocycles. The van der Waals surface area contributed by atoms with E-state index >= 15 is 0 Å². The fourth-order valence-electron chi connectivity index (χ4n) is 3.84. The van der Waals surface area contributed by atoms with Gasteiger partial charge in [0.1, 0.15) is 0 Å². The van der Waals surface area contributed by atoms with Gasteiger partial charge in [0.25, 0.3) is 0 Å². The van der Waals surface area contributed by atoms with Gasteiger partial charge in [0.05, 0.1) is 12.2 Å². The molecule has 3 fully saturated rings. The van der Waals surface area contributed by atoms with E-state index in [1.807, 2.05) is 0 Å². The van der Waals surface area contributed by atoms with E-state index < -0.39 is 0 Å². The molecular weight excluding hydrogens is 278 g/mol. The minimum atomic E-state index is 0.154. The summed E-state index contributed by atoms with van der Waals surface area (Å²) in [5, 5.41) is 0. The van der Waals surface area contributed by atoms with Crippen molar-refractivity contribution < 1.29 is 9.47 Å². The Morgan fingerprint density at radius 1 is 1.18 bits per heavy atom. The fraction of sp³-hybridized carbons (Fsp3) is 0.765. The van der Waals surface area contributed by atoms with Gasteiger partial charge in [-0.15, -0.1) is 0 Å². The summed E-state index contributed by atoms with van der Waals surface area (Å²) in [6.45, 7) is 5.19. The van der Waals surface area contributed by atoms with Crippen LogP contribution in [0.4, 0.5) is 0 Å². The third-order valence-electron chi connectivity index (χ3n) is 5.13. The second-order valence-corrected chi connectivity index (χ2v) is 7.17. The minimum absolute atomic E-state index is 0.154. The number of aromatic nitrogens is 2. The zero-order valence-corrected chi connectivity index (χ0v) is 13.1. The van der Waals surface area contributed by atoms with E-state index in [1.165, 1.54) is 25.8 Å². The average molecular weight is 303 g/mol. The maximum absolute atomic E-state index is 6.12. The van der Waals surface area contributed by atoms with E-state index in [9.17, 15) is 0 Å². The molecule has 2 aliphatic heterocycles. The molecule has 1 spiro atoms. The van der Waals surface area contributed by atoms with E-state index in [1.54, 1.807) is 18.5 Å². The first-order valence-electron chi connectivity index (χ1n) is 8.57. The number of likely N-dealkylation sites (tertiary alicyclic amines) is 1. The van der Waals surface area contributed by atoms with Crippen LogP contribution >= 0.6 is 0 Å². The van der Waals surface area contributed by atoms with Crippen LogP contribution in [0.1, 0.15) is 32.1 Å². The molecule has 22 heavy (non-hydrogen) atoms. The molecule has 0 bridgehead atoms. The number of hydrogen-bond donors (Lipinski definition) is 0. The Kier molecular flexibility index (Phi) is 4.01. The van der Waals surface area contributed by atoms with Gasteiger partial charge in [-0.1, -0.05) is 0 Å². The van der Waals surface area contributed by atoms with Crippen LogP contribution < -0.4 is 4.74 Å². The van der Waals surface area contributed by atoms with Gasteiger partial charge in [0.2, 0.25) is 0 Å². The van der Waals surface area contributed by atoms with Crippen molar-refractivity contribution >= 4 is 0 Å². The molecule has 4 rings (SSSR count). The molecule has 0 radical (unpaired) electrons. The molecule has 1 unspecified atom stereocenters. The van der Waals surface area contributed by atoms with Gasteiger partial charge in [0.15, 0.2) is 0 Å². The first-order valence-corrected chi connectivity index (χ1v) is 8.57. The van der Waals surface area contributed by atoms with E-state index in [0.29, 0.717) is 18.5 Å². The first kappa shape index (κ1) is 14.4. The predicted octanol–water partition coefficient (Wildman–Crippen LogP) is 2.14. The molecule has 3 aliphatic rings. The van der Waals surface area contributed by atoms with Gasteiger partial charge in [-0.05, 0) is 50.0 Å². The van der Waals surface area contributed by atoms with Crippen LogP contribution in [0.5, 0.6) is 6.01 Å². The molecule has 1 aromatic heterocycles. The van der Waals surface area contributed by atoms with E-state index in [4.69, 9.17) is 9.47 Å². The third-order valence-corrected chi connectivity index (χ3v) is 5.13. The highest BCUT2D eigenvalue weighted by molar-refractivity contribution is 5.01. The normalized spacial score (nSPS) is 27.5. The highest BCUT2D eigenvalue weighted by Crippen LogP contribution is 2.40. The summed E-state index contributed by atoms with van der Waals surface area (Å²) in [4.78, 5) is 10.8. The van der Waals surface area contributed by atoms with Crippen molar-refractivity contribution in [3.05, 3.63) is 18.5 Å². The zero-order valence-electron chi connectivity index (χ0n) is 13.1. The minimum Gasteiger partial charge on any atom is -0.463 e. The highest BCUT2D eigenvalue weighted by Gasteiger charge is 2.48. The Morgan fingerprint density at radius 2 is 2.00 bits per heavy atom. The number of rotatable bonds is 6. The smallest absolute Gasteiger partial charge is 0.316 e. The van der Waals surface area contributed by atoms with Crippen LogP contribution in [0.3, 0.4) is 0 Å². The molecule has 0 aromatic carbocycles. The van der Waals surface area contributed by atoms with Gasteiger partial charge < -0.3 is 9.47 Å². The van der Waals surface area contributed by atoms with Crippen molar-refractivity contribution in [3.8, 4) is 6.01 Å². The van der Waals surface area contributed by atoms with Gasteiger partial charge >= 0.3 is 6.01 Å². The quantitative estimate of drug-likeness (QED) is 0.806. The summed E-state index contributed by atoms with van der Waals surface area (Å²) in [6, 6.07) is 2.29. The van der Waals surface area contributed by atoms with Crippen LogP contribution in [0, 0.1) is 11.8 Å². The first-order chi connectivity index (χ1) is 10.8. The molecule has 5 heteroatoms. The van der Waals surface area contributed by atoms with Crippen molar-refractivity contribution in [1.82, 2.24) is 14.9 Å². The topological polar surface area (TPSA) is 47.5 Å². The molecule has 1 saturated carbocycles. The van der Waals surface area contributed by atoms with Crippen molar-refractivity contribution in [3.63, 3.8) is 0 Å². The summed E-state index contributed by atoms with van der Waals surface area (Å²) in [5.74, 6) is 1.69. The Morgan fingerprint density at radius 3 is 2.77 bits per heavy atom. The van der Waals surface area contributed by atoms with Crippen LogP contribution in [0.2, 0.25) is 0 Å². The molecule has 0 N–H and O–H groups in total. The maximum Gasteiger partial charge on any atom is 0.316 e. The van der Waals surface area contributed by atoms with Crippen molar-refractivity contribution in [1.29, 1.82) is 0 Å². The van der Waals surface area contributed by atoms with Crippen molar-refractivity contribution in [2.45, 2.75) is 37.7 Å². The van der Waals surface area contributed by atoms with Gasteiger partial charge in [-0.3, -0.25) is 4.90 Å². The summed E-state index contributed by atoms with van der Waals surface area (Å²) in [6.07, 6.45) is 9.73. The number of nitrogens with zero attached hydrogens (tertiary/aromatic N) is 3. The second-order valence-electron chi connectivity index (χ2n) is 7.17. The Bertz CT molecular complexity index is 486. The largest absolute Gasteiger partial charge is 0.463 e. The van der Waals surface area contributed by atoms with Gasteiger partial charge in [-0.25, -0.2) is 9.97 Å². The average Bonchev–Trinajstić information content (AvgIpc) is 3.31. The lowest BCUT2D eigenvalue weighted by molar-refractivity contribution is -0.180. The zero-order chi connectivity index (χ0) is 14.8.